The molecule has 0 fully saturated rings. The lowest BCUT2D eigenvalue weighted by molar-refractivity contribution is -0.384. The average Bonchev–Trinajstić information content (AvgIpc) is 3.14. The second-order valence-electron chi connectivity index (χ2n) is 5.43. The van der Waals surface area contributed by atoms with Crippen LogP contribution < -0.4 is 10.9 Å². The molecule has 0 unspecified atom stereocenters. The molecule has 3 aromatic rings. The number of rotatable bonds is 7. The first-order valence-electron chi connectivity index (χ1n) is 7.92. The average molecular weight is 352 g/mol. The van der Waals surface area contributed by atoms with E-state index in [-0.39, 0.29) is 23.7 Å². The highest BCUT2D eigenvalue weighted by Gasteiger charge is 2.13. The molecule has 0 aliphatic carbocycles. The van der Waals surface area contributed by atoms with Gasteiger partial charge in [-0.2, -0.15) is 0 Å². The van der Waals surface area contributed by atoms with Crippen molar-refractivity contribution in [2.45, 2.75) is 12.8 Å². The van der Waals surface area contributed by atoms with Crippen LogP contribution in [0.15, 0.2) is 65.2 Å². The minimum atomic E-state index is -0.521. The summed E-state index contributed by atoms with van der Waals surface area (Å²) in [5.41, 5.74) is 6.02. The number of oxazole rings is 1. The summed E-state index contributed by atoms with van der Waals surface area (Å²) in [4.78, 5) is 26.5. The Morgan fingerprint density at radius 1 is 1.12 bits per heavy atom. The van der Waals surface area contributed by atoms with Gasteiger partial charge >= 0.3 is 0 Å². The number of hydrazine groups is 1. The second-order valence-corrected chi connectivity index (χ2v) is 5.43. The van der Waals surface area contributed by atoms with Crippen LogP contribution in [0.25, 0.3) is 11.3 Å². The Morgan fingerprint density at radius 3 is 2.62 bits per heavy atom. The highest BCUT2D eigenvalue weighted by Crippen LogP contribution is 2.22. The normalized spacial score (nSPS) is 10.3. The molecule has 0 saturated heterocycles. The smallest absolute Gasteiger partial charge is 0.294 e. The minimum absolute atomic E-state index is 0.118. The van der Waals surface area contributed by atoms with Gasteiger partial charge in [0.15, 0.2) is 11.7 Å². The Kier molecular flexibility index (Phi) is 5.23. The molecule has 8 heteroatoms. The van der Waals surface area contributed by atoms with E-state index in [1.807, 2.05) is 30.3 Å². The van der Waals surface area contributed by atoms with Gasteiger partial charge in [0.1, 0.15) is 5.69 Å². The minimum Gasteiger partial charge on any atom is -0.441 e. The van der Waals surface area contributed by atoms with E-state index in [2.05, 4.69) is 15.8 Å². The number of para-hydroxylation sites is 2. The topological polar surface area (TPSA) is 110 Å². The summed E-state index contributed by atoms with van der Waals surface area (Å²) in [5.74, 6) is 0.756. The van der Waals surface area contributed by atoms with E-state index in [9.17, 15) is 14.9 Å². The lowest BCUT2D eigenvalue weighted by Gasteiger charge is -2.08. The van der Waals surface area contributed by atoms with Crippen molar-refractivity contribution >= 4 is 17.3 Å². The van der Waals surface area contributed by atoms with Crippen molar-refractivity contribution < 1.29 is 14.1 Å². The van der Waals surface area contributed by atoms with Gasteiger partial charge in [-0.15, -0.1) is 0 Å². The van der Waals surface area contributed by atoms with Gasteiger partial charge in [-0.05, 0) is 6.07 Å². The van der Waals surface area contributed by atoms with E-state index in [0.717, 1.165) is 5.56 Å². The number of nitro groups is 1. The third kappa shape index (κ3) is 4.23. The molecule has 0 atom stereocenters. The van der Waals surface area contributed by atoms with Crippen LogP contribution >= 0.6 is 0 Å². The molecule has 0 aliphatic heterocycles. The third-order valence-corrected chi connectivity index (χ3v) is 3.62. The predicted molar refractivity (Wildman–Crippen MR) is 95.1 cm³/mol. The summed E-state index contributed by atoms with van der Waals surface area (Å²) in [6.07, 6.45) is 2.06. The molecule has 1 heterocycles. The van der Waals surface area contributed by atoms with E-state index >= 15 is 0 Å². The van der Waals surface area contributed by atoms with Crippen LogP contribution in [0.5, 0.6) is 0 Å². The van der Waals surface area contributed by atoms with Gasteiger partial charge in [-0.1, -0.05) is 42.5 Å². The van der Waals surface area contributed by atoms with E-state index in [0.29, 0.717) is 18.1 Å². The van der Waals surface area contributed by atoms with E-state index < -0.39 is 4.92 Å². The Hall–Kier alpha value is -3.68. The van der Waals surface area contributed by atoms with E-state index in [1.54, 1.807) is 18.3 Å². The van der Waals surface area contributed by atoms with Crippen LogP contribution in [0.1, 0.15) is 12.3 Å². The Labute approximate surface area is 149 Å². The van der Waals surface area contributed by atoms with Crippen molar-refractivity contribution in [1.82, 2.24) is 10.4 Å². The lowest BCUT2D eigenvalue weighted by atomic mass is 10.2. The summed E-state index contributed by atoms with van der Waals surface area (Å²) in [5, 5.41) is 10.9. The Morgan fingerprint density at radius 2 is 1.85 bits per heavy atom. The monoisotopic (exact) mass is 352 g/mol. The van der Waals surface area contributed by atoms with E-state index in [1.165, 1.54) is 12.1 Å². The highest BCUT2D eigenvalue weighted by molar-refractivity contribution is 5.78. The maximum absolute atomic E-state index is 11.9. The van der Waals surface area contributed by atoms with Crippen molar-refractivity contribution in [3.8, 4) is 11.3 Å². The summed E-state index contributed by atoms with van der Waals surface area (Å²) < 4.78 is 5.63. The summed E-state index contributed by atoms with van der Waals surface area (Å²) in [6.45, 7) is 0. The number of anilines is 1. The molecule has 2 N–H and O–H groups in total. The molecule has 2 aromatic carbocycles. The zero-order chi connectivity index (χ0) is 18.4. The van der Waals surface area contributed by atoms with Gasteiger partial charge in [0.25, 0.3) is 5.69 Å². The first-order chi connectivity index (χ1) is 12.6. The number of hydrogen-bond donors (Lipinski definition) is 2. The largest absolute Gasteiger partial charge is 0.441 e. The number of nitro benzene ring substituents is 1. The van der Waals surface area contributed by atoms with Crippen molar-refractivity contribution in [2.75, 3.05) is 5.43 Å². The molecule has 0 radical (unpaired) electrons. The van der Waals surface area contributed by atoms with Gasteiger partial charge in [0, 0.05) is 24.5 Å². The molecular weight excluding hydrogens is 336 g/mol. The molecule has 3 rings (SSSR count). The number of nitrogens with one attached hydrogen (secondary N) is 2. The van der Waals surface area contributed by atoms with Crippen molar-refractivity contribution in [3.05, 3.63) is 76.8 Å². The molecule has 1 amide bonds. The Balaban J connectivity index is 1.52. The molecule has 8 nitrogen and oxygen atoms in total. The van der Waals surface area contributed by atoms with Crippen LogP contribution in [0.2, 0.25) is 0 Å². The second kappa shape index (κ2) is 7.93. The van der Waals surface area contributed by atoms with Gasteiger partial charge in [0.2, 0.25) is 5.91 Å². The molecule has 0 aliphatic rings. The predicted octanol–water partition coefficient (Wildman–Crippen LogP) is 3.33. The van der Waals surface area contributed by atoms with E-state index in [4.69, 9.17) is 4.42 Å². The number of nitrogens with zero attached hydrogens (tertiary/aromatic N) is 2. The maximum atomic E-state index is 11.9. The number of amides is 1. The zero-order valence-corrected chi connectivity index (χ0v) is 13.7. The molecule has 0 saturated carbocycles. The number of aromatic nitrogens is 1. The third-order valence-electron chi connectivity index (χ3n) is 3.62. The number of carbonyl (C=O) groups is 1. The highest BCUT2D eigenvalue weighted by atomic mass is 16.6. The molecular formula is C18H16N4O4. The van der Waals surface area contributed by atoms with Crippen LogP contribution in [-0.2, 0) is 11.2 Å². The van der Waals surface area contributed by atoms with Crippen molar-refractivity contribution in [1.29, 1.82) is 0 Å². The fraction of sp³-hybridized carbons (Fsp3) is 0.111. The lowest BCUT2D eigenvalue weighted by Crippen LogP contribution is -2.29. The van der Waals surface area contributed by atoms with Crippen LogP contribution in [0, 0.1) is 10.1 Å². The molecule has 0 bridgehead atoms. The van der Waals surface area contributed by atoms with Gasteiger partial charge in [-0.25, -0.2) is 4.98 Å². The summed E-state index contributed by atoms with van der Waals surface area (Å²) in [7, 11) is 0. The molecule has 132 valence electrons. The zero-order valence-electron chi connectivity index (χ0n) is 13.7. The fourth-order valence-corrected chi connectivity index (χ4v) is 2.32. The van der Waals surface area contributed by atoms with Crippen LogP contribution in [0.3, 0.4) is 0 Å². The standard InChI is InChI=1S/C18H16N4O4/c23-17(21-20-14-8-4-5-9-15(14)22(24)25)10-11-18-19-12-16(26-18)13-6-2-1-3-7-13/h1-9,12,20H,10-11H2,(H,21,23). The summed E-state index contributed by atoms with van der Waals surface area (Å²) in [6, 6.07) is 15.6. The van der Waals surface area contributed by atoms with Crippen molar-refractivity contribution in [3.63, 3.8) is 0 Å². The molecule has 1 aromatic heterocycles. The molecule has 26 heavy (non-hydrogen) atoms. The van der Waals surface area contributed by atoms with Crippen molar-refractivity contribution in [2.24, 2.45) is 0 Å². The number of carbonyl (C=O) groups excluding carboxylic acids is 1. The number of aryl methyl sites for hydroxylation is 1. The quantitative estimate of drug-likeness (QED) is 0.498. The van der Waals surface area contributed by atoms with Gasteiger partial charge in [0.05, 0.1) is 11.1 Å². The Bertz CT molecular complexity index is 908. The fourth-order valence-electron chi connectivity index (χ4n) is 2.32. The summed E-state index contributed by atoms with van der Waals surface area (Å²) >= 11 is 0. The molecule has 0 spiro atoms. The first-order valence-corrected chi connectivity index (χ1v) is 7.92. The maximum Gasteiger partial charge on any atom is 0.294 e. The van der Waals surface area contributed by atoms with Gasteiger partial charge < -0.3 is 4.42 Å². The van der Waals surface area contributed by atoms with Crippen LogP contribution in [-0.4, -0.2) is 15.8 Å². The van der Waals surface area contributed by atoms with Crippen LogP contribution in [0.4, 0.5) is 11.4 Å². The number of hydrogen-bond acceptors (Lipinski definition) is 6. The number of benzene rings is 2. The first kappa shape index (κ1) is 17.2. The van der Waals surface area contributed by atoms with Gasteiger partial charge in [-0.3, -0.25) is 25.8 Å². The SMILES string of the molecule is O=C(CCc1ncc(-c2ccccc2)o1)NNc1ccccc1[N+](=O)[O-].